The molecule has 1 N–H and O–H groups in total. The largest absolute Gasteiger partial charge is 0.478 e. The van der Waals surface area contributed by atoms with Gasteiger partial charge in [0.2, 0.25) is 0 Å². The zero-order valence-electron chi connectivity index (χ0n) is 10.5. The second-order valence-electron chi connectivity index (χ2n) is 4.11. The lowest BCUT2D eigenvalue weighted by Gasteiger charge is -2.09. The molecule has 0 fully saturated rings. The van der Waals surface area contributed by atoms with E-state index in [1.807, 2.05) is 55.5 Å². The van der Waals surface area contributed by atoms with Crippen LogP contribution in [0.4, 0.5) is 0 Å². The maximum absolute atomic E-state index is 10.5. The predicted octanol–water partition coefficient (Wildman–Crippen LogP) is 3.89. The van der Waals surface area contributed by atoms with E-state index in [1.54, 1.807) is 6.08 Å². The molecule has 0 aliphatic heterocycles. The van der Waals surface area contributed by atoms with E-state index in [0.29, 0.717) is 0 Å². The molecule has 0 bridgehead atoms. The van der Waals surface area contributed by atoms with Gasteiger partial charge in [-0.15, -0.1) is 0 Å². The number of rotatable bonds is 4. The lowest BCUT2D eigenvalue weighted by molar-refractivity contribution is -0.131. The Hall–Kier alpha value is -2.55. The molecule has 0 saturated heterocycles. The molecule has 3 nitrogen and oxygen atoms in total. The van der Waals surface area contributed by atoms with Crippen molar-refractivity contribution in [3.8, 4) is 11.5 Å². The second kappa shape index (κ2) is 5.87. The maximum atomic E-state index is 10.5. The topological polar surface area (TPSA) is 46.5 Å². The van der Waals surface area contributed by atoms with Crippen LogP contribution < -0.4 is 4.74 Å². The molecule has 0 saturated carbocycles. The molecule has 2 aromatic rings. The van der Waals surface area contributed by atoms with Crippen LogP contribution in [-0.2, 0) is 4.79 Å². The molecule has 0 spiro atoms. The fourth-order valence-electron chi connectivity index (χ4n) is 1.67. The van der Waals surface area contributed by atoms with Crippen molar-refractivity contribution in [3.05, 3.63) is 65.7 Å². The highest BCUT2D eigenvalue weighted by molar-refractivity contribution is 5.85. The Morgan fingerprint density at radius 3 is 2.53 bits per heavy atom. The average Bonchev–Trinajstić information content (AvgIpc) is 2.40. The Morgan fingerprint density at radius 1 is 1.16 bits per heavy atom. The molecule has 19 heavy (non-hydrogen) atoms. The highest BCUT2D eigenvalue weighted by Crippen LogP contribution is 2.25. The van der Waals surface area contributed by atoms with Gasteiger partial charge < -0.3 is 9.84 Å². The molecular weight excluding hydrogens is 240 g/mol. The molecule has 2 rings (SSSR count). The summed E-state index contributed by atoms with van der Waals surface area (Å²) >= 11 is 0. The number of carboxylic acids is 1. The maximum Gasteiger partial charge on any atom is 0.328 e. The Labute approximate surface area is 111 Å². The summed E-state index contributed by atoms with van der Waals surface area (Å²) in [5, 5.41) is 8.58. The summed E-state index contributed by atoms with van der Waals surface area (Å²) in [5.74, 6) is 0.584. The van der Waals surface area contributed by atoms with Gasteiger partial charge in [0.25, 0.3) is 0 Å². The van der Waals surface area contributed by atoms with Crippen LogP contribution in [0.25, 0.3) is 6.08 Å². The minimum absolute atomic E-state index is 0.763. The summed E-state index contributed by atoms with van der Waals surface area (Å²) in [4.78, 5) is 10.5. The van der Waals surface area contributed by atoms with E-state index in [9.17, 15) is 4.79 Å². The number of ether oxygens (including phenoxy) is 1. The number of aryl methyl sites for hydroxylation is 1. The van der Waals surface area contributed by atoms with Gasteiger partial charge in [-0.3, -0.25) is 0 Å². The first-order chi connectivity index (χ1) is 9.15. The minimum atomic E-state index is -0.956. The fourth-order valence-corrected chi connectivity index (χ4v) is 1.67. The van der Waals surface area contributed by atoms with E-state index < -0.39 is 5.97 Å². The highest BCUT2D eigenvalue weighted by atomic mass is 16.5. The van der Waals surface area contributed by atoms with Crippen molar-refractivity contribution < 1.29 is 14.6 Å². The third-order valence-corrected chi connectivity index (χ3v) is 2.59. The summed E-state index contributed by atoms with van der Waals surface area (Å²) in [5.41, 5.74) is 1.79. The normalized spacial score (nSPS) is 10.6. The Kier molecular flexibility index (Phi) is 3.98. The van der Waals surface area contributed by atoms with Gasteiger partial charge in [-0.25, -0.2) is 4.79 Å². The van der Waals surface area contributed by atoms with E-state index >= 15 is 0 Å². The van der Waals surface area contributed by atoms with Crippen LogP contribution in [0, 0.1) is 6.92 Å². The zero-order chi connectivity index (χ0) is 13.7. The van der Waals surface area contributed by atoms with Crippen molar-refractivity contribution in [2.24, 2.45) is 0 Å². The van der Waals surface area contributed by atoms with Crippen molar-refractivity contribution in [2.75, 3.05) is 0 Å². The first-order valence-electron chi connectivity index (χ1n) is 5.90. The van der Waals surface area contributed by atoms with E-state index in [2.05, 4.69) is 0 Å². The van der Waals surface area contributed by atoms with Crippen molar-refractivity contribution in [1.29, 1.82) is 0 Å². The van der Waals surface area contributed by atoms with Crippen LogP contribution in [-0.4, -0.2) is 11.1 Å². The number of hydrogen-bond donors (Lipinski definition) is 1. The fraction of sp³-hybridized carbons (Fsp3) is 0.0625. The highest BCUT2D eigenvalue weighted by Gasteiger charge is 2.01. The summed E-state index contributed by atoms with van der Waals surface area (Å²) in [6.45, 7) is 1.93. The number of hydrogen-bond acceptors (Lipinski definition) is 2. The summed E-state index contributed by atoms with van der Waals surface area (Å²) in [6.07, 6.45) is 2.67. The molecule has 0 amide bonds. The average molecular weight is 254 g/mol. The van der Waals surface area contributed by atoms with E-state index in [0.717, 1.165) is 28.7 Å². The van der Waals surface area contributed by atoms with Crippen molar-refractivity contribution in [2.45, 2.75) is 6.92 Å². The molecule has 0 aliphatic carbocycles. The van der Waals surface area contributed by atoms with Crippen LogP contribution in [0.1, 0.15) is 11.1 Å². The van der Waals surface area contributed by atoms with Gasteiger partial charge in [-0.05, 0) is 48.4 Å². The molecule has 0 radical (unpaired) electrons. The summed E-state index contributed by atoms with van der Waals surface area (Å²) < 4.78 is 5.75. The molecule has 3 heteroatoms. The lowest BCUT2D eigenvalue weighted by atomic mass is 10.1. The number of carboxylic acid groups (broad SMARTS) is 1. The van der Waals surface area contributed by atoms with Crippen LogP contribution in [0.5, 0.6) is 11.5 Å². The molecular formula is C16H14O3. The van der Waals surface area contributed by atoms with E-state index in [4.69, 9.17) is 9.84 Å². The van der Waals surface area contributed by atoms with Crippen molar-refractivity contribution in [3.63, 3.8) is 0 Å². The van der Waals surface area contributed by atoms with Crippen molar-refractivity contribution >= 4 is 12.0 Å². The molecule has 0 atom stereocenters. The van der Waals surface area contributed by atoms with Crippen LogP contribution >= 0.6 is 0 Å². The first-order valence-corrected chi connectivity index (χ1v) is 5.90. The van der Waals surface area contributed by atoms with Gasteiger partial charge >= 0.3 is 5.97 Å². The monoisotopic (exact) mass is 254 g/mol. The quantitative estimate of drug-likeness (QED) is 0.842. The first kappa shape index (κ1) is 12.9. The van der Waals surface area contributed by atoms with Crippen LogP contribution in [0.3, 0.4) is 0 Å². The third kappa shape index (κ3) is 3.71. The summed E-state index contributed by atoms with van der Waals surface area (Å²) in [7, 11) is 0. The number of aliphatic carboxylic acids is 1. The lowest BCUT2D eigenvalue weighted by Crippen LogP contribution is -1.89. The standard InChI is InChI=1S/C16H14O3/c1-12-11-13(8-10-16(17)18)7-9-15(12)19-14-5-3-2-4-6-14/h2-11H,1H3,(H,17,18)/b10-8+. The number of benzene rings is 2. The molecule has 2 aromatic carbocycles. The van der Waals surface area contributed by atoms with Gasteiger partial charge in [0.15, 0.2) is 0 Å². The van der Waals surface area contributed by atoms with Crippen LogP contribution in [0.2, 0.25) is 0 Å². The van der Waals surface area contributed by atoms with Gasteiger partial charge in [-0.2, -0.15) is 0 Å². The van der Waals surface area contributed by atoms with E-state index in [-0.39, 0.29) is 0 Å². The molecule has 96 valence electrons. The van der Waals surface area contributed by atoms with Gasteiger partial charge in [-0.1, -0.05) is 24.3 Å². The van der Waals surface area contributed by atoms with Gasteiger partial charge in [0.05, 0.1) is 0 Å². The molecule has 0 aliphatic rings. The second-order valence-corrected chi connectivity index (χ2v) is 4.11. The SMILES string of the molecule is Cc1cc(/C=C/C(=O)O)ccc1Oc1ccccc1. The number of para-hydroxylation sites is 1. The molecule has 0 unspecified atom stereocenters. The number of carbonyl (C=O) groups is 1. The Morgan fingerprint density at radius 2 is 1.89 bits per heavy atom. The van der Waals surface area contributed by atoms with E-state index in [1.165, 1.54) is 0 Å². The molecule has 0 heterocycles. The molecule has 0 aromatic heterocycles. The Balaban J connectivity index is 2.18. The van der Waals surface area contributed by atoms with Crippen LogP contribution in [0.15, 0.2) is 54.6 Å². The zero-order valence-corrected chi connectivity index (χ0v) is 10.5. The smallest absolute Gasteiger partial charge is 0.328 e. The van der Waals surface area contributed by atoms with Gasteiger partial charge in [0, 0.05) is 6.08 Å². The summed E-state index contributed by atoms with van der Waals surface area (Å²) in [6, 6.07) is 15.1. The predicted molar refractivity (Wildman–Crippen MR) is 74.4 cm³/mol. The van der Waals surface area contributed by atoms with Gasteiger partial charge in [0.1, 0.15) is 11.5 Å². The Bertz CT molecular complexity index is 601. The minimum Gasteiger partial charge on any atom is -0.478 e. The van der Waals surface area contributed by atoms with Crippen molar-refractivity contribution in [1.82, 2.24) is 0 Å². The third-order valence-electron chi connectivity index (χ3n) is 2.59.